The van der Waals surface area contributed by atoms with E-state index in [0.717, 1.165) is 10.9 Å². The molecule has 0 saturated heterocycles. The minimum atomic E-state index is -0.405. The molecule has 4 heteroatoms. The Bertz CT molecular complexity index is 319. The average molecular weight is 242 g/mol. The molecule has 0 amide bonds. The Morgan fingerprint density at radius 1 is 1.38 bits per heavy atom. The van der Waals surface area contributed by atoms with Crippen LogP contribution in [0.5, 0.6) is 0 Å². The largest absolute Gasteiger partial charge is 0.269 e. The van der Waals surface area contributed by atoms with Gasteiger partial charge in [0.05, 0.1) is 4.92 Å². The molecule has 0 N–H and O–H groups in total. The standard InChI is InChI=1S/C9H8BrNO2/c10-7-1-2-8-3-5-9(6-4-8)11(12)13/h1-6H,7H2/b2-1+. The quantitative estimate of drug-likeness (QED) is 0.464. The number of hydrogen-bond donors (Lipinski definition) is 0. The third-order valence-corrected chi connectivity index (χ3v) is 1.88. The van der Waals surface area contributed by atoms with Crippen LogP contribution in [0.4, 0.5) is 5.69 Å². The number of nitro benzene ring substituents is 1. The summed E-state index contributed by atoms with van der Waals surface area (Å²) in [5, 5.41) is 11.1. The lowest BCUT2D eigenvalue weighted by atomic mass is 10.2. The van der Waals surface area contributed by atoms with E-state index in [1.54, 1.807) is 12.1 Å². The van der Waals surface area contributed by atoms with E-state index >= 15 is 0 Å². The zero-order valence-corrected chi connectivity index (χ0v) is 8.40. The molecule has 1 rings (SSSR count). The molecule has 0 saturated carbocycles. The Morgan fingerprint density at radius 3 is 2.46 bits per heavy atom. The van der Waals surface area contributed by atoms with Crippen LogP contribution in [0, 0.1) is 10.1 Å². The Hall–Kier alpha value is -1.16. The van der Waals surface area contributed by atoms with Crippen molar-refractivity contribution in [3.8, 4) is 0 Å². The fourth-order valence-corrected chi connectivity index (χ4v) is 1.07. The van der Waals surface area contributed by atoms with Gasteiger partial charge in [-0.1, -0.05) is 28.1 Å². The fraction of sp³-hybridized carbons (Fsp3) is 0.111. The van der Waals surface area contributed by atoms with Gasteiger partial charge in [-0.15, -0.1) is 0 Å². The molecule has 68 valence electrons. The van der Waals surface area contributed by atoms with Gasteiger partial charge in [-0.2, -0.15) is 0 Å². The van der Waals surface area contributed by atoms with Gasteiger partial charge in [0.2, 0.25) is 0 Å². The van der Waals surface area contributed by atoms with Gasteiger partial charge < -0.3 is 0 Å². The molecule has 0 radical (unpaired) electrons. The van der Waals surface area contributed by atoms with Crippen LogP contribution in [0.1, 0.15) is 5.56 Å². The number of nitrogens with zero attached hydrogens (tertiary/aromatic N) is 1. The summed E-state index contributed by atoms with van der Waals surface area (Å²) in [5.74, 6) is 0. The highest BCUT2D eigenvalue weighted by Crippen LogP contribution is 2.12. The van der Waals surface area contributed by atoms with Crippen LogP contribution in [0.15, 0.2) is 30.3 Å². The van der Waals surface area contributed by atoms with Crippen molar-refractivity contribution in [3.63, 3.8) is 0 Å². The number of alkyl halides is 1. The van der Waals surface area contributed by atoms with E-state index in [9.17, 15) is 10.1 Å². The summed E-state index contributed by atoms with van der Waals surface area (Å²) in [4.78, 5) is 9.90. The Kier molecular flexibility index (Phi) is 3.64. The highest BCUT2D eigenvalue weighted by Gasteiger charge is 2.01. The van der Waals surface area contributed by atoms with Crippen molar-refractivity contribution in [1.29, 1.82) is 0 Å². The molecule has 0 aliphatic rings. The highest BCUT2D eigenvalue weighted by molar-refractivity contribution is 9.09. The van der Waals surface area contributed by atoms with Crippen molar-refractivity contribution in [2.24, 2.45) is 0 Å². The molecule has 0 spiro atoms. The van der Waals surface area contributed by atoms with Gasteiger partial charge in [0, 0.05) is 17.5 Å². The molecule has 0 aliphatic heterocycles. The SMILES string of the molecule is O=[N+]([O-])c1ccc(/C=C/CBr)cc1. The van der Waals surface area contributed by atoms with E-state index in [2.05, 4.69) is 15.9 Å². The number of allylic oxidation sites excluding steroid dienone is 1. The first kappa shape index (κ1) is 9.92. The van der Waals surface area contributed by atoms with Crippen LogP contribution in [-0.2, 0) is 0 Å². The number of rotatable bonds is 3. The maximum atomic E-state index is 10.3. The van der Waals surface area contributed by atoms with Crippen LogP contribution >= 0.6 is 15.9 Å². The molecule has 0 heterocycles. The molecule has 0 fully saturated rings. The average Bonchev–Trinajstić information content (AvgIpc) is 2.15. The highest BCUT2D eigenvalue weighted by atomic mass is 79.9. The second-order valence-electron chi connectivity index (χ2n) is 2.41. The van der Waals surface area contributed by atoms with E-state index < -0.39 is 4.92 Å². The van der Waals surface area contributed by atoms with Crippen molar-refractivity contribution < 1.29 is 4.92 Å². The first-order valence-corrected chi connectivity index (χ1v) is 4.83. The summed E-state index contributed by atoms with van der Waals surface area (Å²) in [7, 11) is 0. The molecule has 0 bridgehead atoms. The van der Waals surface area contributed by atoms with E-state index in [1.165, 1.54) is 12.1 Å². The second-order valence-corrected chi connectivity index (χ2v) is 3.05. The summed E-state index contributed by atoms with van der Waals surface area (Å²) in [6, 6.07) is 6.43. The number of hydrogen-bond acceptors (Lipinski definition) is 2. The summed E-state index contributed by atoms with van der Waals surface area (Å²) >= 11 is 3.25. The maximum absolute atomic E-state index is 10.3. The van der Waals surface area contributed by atoms with E-state index in [-0.39, 0.29) is 5.69 Å². The van der Waals surface area contributed by atoms with Crippen molar-refractivity contribution in [2.75, 3.05) is 5.33 Å². The molecule has 0 aliphatic carbocycles. The zero-order valence-electron chi connectivity index (χ0n) is 6.81. The van der Waals surface area contributed by atoms with Crippen molar-refractivity contribution in [1.82, 2.24) is 0 Å². The predicted octanol–water partition coefficient (Wildman–Crippen LogP) is 3.00. The number of non-ortho nitro benzene ring substituents is 1. The summed E-state index contributed by atoms with van der Waals surface area (Å²) < 4.78 is 0. The smallest absolute Gasteiger partial charge is 0.258 e. The van der Waals surface area contributed by atoms with E-state index in [4.69, 9.17) is 0 Å². The van der Waals surface area contributed by atoms with Crippen LogP contribution in [0.3, 0.4) is 0 Å². The van der Waals surface area contributed by atoms with Crippen molar-refractivity contribution >= 4 is 27.7 Å². The molecular formula is C9H8BrNO2. The molecule has 3 nitrogen and oxygen atoms in total. The van der Waals surface area contributed by atoms with Crippen LogP contribution in [0.25, 0.3) is 6.08 Å². The van der Waals surface area contributed by atoms with Crippen LogP contribution in [-0.4, -0.2) is 10.3 Å². The monoisotopic (exact) mass is 241 g/mol. The van der Waals surface area contributed by atoms with Gasteiger partial charge in [-0.3, -0.25) is 10.1 Å². The Balaban J connectivity index is 2.81. The lowest BCUT2D eigenvalue weighted by molar-refractivity contribution is -0.384. The van der Waals surface area contributed by atoms with Crippen LogP contribution < -0.4 is 0 Å². The molecule has 0 aromatic heterocycles. The van der Waals surface area contributed by atoms with Crippen molar-refractivity contribution in [3.05, 3.63) is 46.0 Å². The maximum Gasteiger partial charge on any atom is 0.269 e. The minimum absolute atomic E-state index is 0.121. The second kappa shape index (κ2) is 4.77. The summed E-state index contributed by atoms with van der Waals surface area (Å²) in [6.07, 6.45) is 3.83. The first-order chi connectivity index (χ1) is 6.24. The van der Waals surface area contributed by atoms with E-state index in [0.29, 0.717) is 0 Å². The fourth-order valence-electron chi connectivity index (χ4n) is 0.888. The number of benzene rings is 1. The minimum Gasteiger partial charge on any atom is -0.258 e. The van der Waals surface area contributed by atoms with Gasteiger partial charge in [0.15, 0.2) is 0 Å². The normalized spacial score (nSPS) is 10.5. The van der Waals surface area contributed by atoms with Gasteiger partial charge in [0.1, 0.15) is 0 Å². The molecule has 1 aromatic rings. The third-order valence-electron chi connectivity index (χ3n) is 1.50. The molecular weight excluding hydrogens is 234 g/mol. The van der Waals surface area contributed by atoms with Gasteiger partial charge in [-0.25, -0.2) is 0 Å². The third kappa shape index (κ3) is 2.99. The first-order valence-electron chi connectivity index (χ1n) is 3.71. The van der Waals surface area contributed by atoms with Crippen LogP contribution in [0.2, 0.25) is 0 Å². The molecule has 13 heavy (non-hydrogen) atoms. The topological polar surface area (TPSA) is 43.1 Å². The van der Waals surface area contributed by atoms with Crippen molar-refractivity contribution in [2.45, 2.75) is 0 Å². The lowest BCUT2D eigenvalue weighted by Gasteiger charge is -1.92. The van der Waals surface area contributed by atoms with Gasteiger partial charge in [-0.05, 0) is 17.7 Å². The number of nitro groups is 1. The van der Waals surface area contributed by atoms with E-state index in [1.807, 2.05) is 12.2 Å². The molecule has 1 aromatic carbocycles. The van der Waals surface area contributed by atoms with Gasteiger partial charge in [0.25, 0.3) is 5.69 Å². The molecule has 0 atom stereocenters. The van der Waals surface area contributed by atoms with Gasteiger partial charge >= 0.3 is 0 Å². The Morgan fingerprint density at radius 2 is 2.00 bits per heavy atom. The predicted molar refractivity (Wildman–Crippen MR) is 55.9 cm³/mol. The summed E-state index contributed by atoms with van der Waals surface area (Å²) in [6.45, 7) is 0. The number of halogens is 1. The zero-order chi connectivity index (χ0) is 9.68. The molecule has 0 unspecified atom stereocenters. The lowest BCUT2D eigenvalue weighted by Crippen LogP contribution is -1.86. The Labute approximate surface area is 84.4 Å². The summed E-state index contributed by atoms with van der Waals surface area (Å²) in [5.41, 5.74) is 1.08.